The van der Waals surface area contributed by atoms with Crippen molar-refractivity contribution in [2.24, 2.45) is 11.8 Å². The second kappa shape index (κ2) is 64.8. The fourth-order valence-electron chi connectivity index (χ4n) is 17.1. The van der Waals surface area contributed by atoms with E-state index in [2.05, 4.69) is 255 Å². The molecule has 13 rings (SSSR count). The second-order valence-corrected chi connectivity index (χ2v) is 38.8. The molecule has 0 spiro atoms. The molecular weight excluding hydrogens is 1710 g/mol. The van der Waals surface area contributed by atoms with Gasteiger partial charge in [-0.05, 0) is 299 Å². The van der Waals surface area contributed by atoms with E-state index in [0.29, 0.717) is 55.3 Å². The Labute approximate surface area is 835 Å². The zero-order valence-corrected chi connectivity index (χ0v) is 88.4. The van der Waals surface area contributed by atoms with Gasteiger partial charge in [0.2, 0.25) is 5.79 Å². The van der Waals surface area contributed by atoms with Gasteiger partial charge in [0.15, 0.2) is 31.5 Å². The molecule has 2 aliphatic carbocycles. The van der Waals surface area contributed by atoms with Crippen LogP contribution in [0.1, 0.15) is 363 Å². The van der Waals surface area contributed by atoms with Crippen LogP contribution >= 0.6 is 0 Å². The zero-order chi connectivity index (χ0) is 99.1. The molecule has 754 valence electrons. The maximum absolute atomic E-state index is 6.23. The highest BCUT2D eigenvalue weighted by Gasteiger charge is 2.27. The molecule has 2 saturated carbocycles. The lowest BCUT2D eigenvalue weighted by atomic mass is 9.87. The molecule has 3 aliphatic rings. The number of hydrogen-bond donors (Lipinski definition) is 0. The molecule has 12 unspecified atom stereocenters. The number of benzene rings is 10. The summed E-state index contributed by atoms with van der Waals surface area (Å²) in [6, 6.07) is 87.6. The third kappa shape index (κ3) is 44.2. The van der Waals surface area contributed by atoms with Gasteiger partial charge in [-0.2, -0.15) is 0 Å². The first-order chi connectivity index (χ1) is 66.9. The molecule has 0 N–H and O–H groups in total. The van der Waals surface area contributed by atoms with E-state index in [9.17, 15) is 0 Å². The molecule has 1 saturated heterocycles. The van der Waals surface area contributed by atoms with Crippen LogP contribution in [0.25, 0.3) is 0 Å². The van der Waals surface area contributed by atoms with Gasteiger partial charge in [0, 0.05) is 26.7 Å². The third-order valence-corrected chi connectivity index (χ3v) is 27.5. The van der Waals surface area contributed by atoms with Gasteiger partial charge in [0.05, 0.1) is 46.2 Å². The lowest BCUT2D eigenvalue weighted by molar-refractivity contribution is -0.158. The van der Waals surface area contributed by atoms with Crippen molar-refractivity contribution in [3.05, 3.63) is 316 Å². The lowest BCUT2D eigenvalue weighted by Gasteiger charge is -2.31. The minimum absolute atomic E-state index is 0.118. The topological polar surface area (TPSA) is 120 Å². The Bertz CT molecular complexity index is 4730. The van der Waals surface area contributed by atoms with Crippen molar-refractivity contribution in [1.29, 1.82) is 0 Å². The van der Waals surface area contributed by atoms with E-state index in [4.69, 9.17) is 61.6 Å². The van der Waals surface area contributed by atoms with Crippen molar-refractivity contribution in [3.63, 3.8) is 0 Å². The normalized spacial score (nSPS) is 16.6. The highest BCUT2D eigenvalue weighted by atomic mass is 16.7. The van der Waals surface area contributed by atoms with Crippen molar-refractivity contribution in [1.82, 2.24) is 0 Å². The van der Waals surface area contributed by atoms with Crippen LogP contribution < -0.4 is 33.2 Å². The van der Waals surface area contributed by atoms with Gasteiger partial charge in [0.25, 0.3) is 0 Å². The first-order valence-corrected chi connectivity index (χ1v) is 53.0. The standard InChI is InChI=1S/C23H30O2.C21H28O3.2C21H34O2.C20H26O2.C19H24O2/c1-4-17(2)20-13-14-22(18(3)15-20)25-23-12-8-11-21(24-23)16-19-9-6-5-7-10-19;1-5-16(2)19-8-12-21(13-9-19)24-17(3)23-15-14-18-6-10-20(22-4)11-7-18;1-5-17(2)19-11-13-20(14-12-19)23-21(3,4)22-16-15-18-9-7-6-8-10-18;1-4-17(3)19-11-13-20(14-12-19)23-21(5-2)22-16-15-18-9-7-6-8-10-18;1-4-16(2)19-10-12-20(13-11-19)22-17(3)21-15-14-18-8-6-5-7-9-18;1-4-15(2)18-10-12-19(13-11-18)21-16(3)20-14-17-8-6-5-7-9-17/h5-7,9-10,13-15,17,21,23H,4,8,11-12,16H2,1-3H3;6-13,16-17H,5,14-15H2,1-4H3;11-14,17-18H,5-10,15-16H2,1-4H3;11-14,17-18,21H,4-10,15-16H2,1-3H3;5-13,16-17H,4,14-15H2,1-3H3;5-13,15-16H,4,14H2,1-3H3. The fraction of sp³-hybridized carbons (Fsp3) is 0.520. The maximum atomic E-state index is 6.23. The van der Waals surface area contributed by atoms with Gasteiger partial charge in [-0.15, -0.1) is 0 Å². The van der Waals surface area contributed by atoms with Gasteiger partial charge in [-0.1, -0.05) is 330 Å². The molecule has 10 aromatic rings. The number of methoxy groups -OCH3 is 1. The Morgan fingerprint density at radius 3 is 1.09 bits per heavy atom. The van der Waals surface area contributed by atoms with E-state index in [1.54, 1.807) is 7.11 Å². The van der Waals surface area contributed by atoms with E-state index >= 15 is 0 Å². The summed E-state index contributed by atoms with van der Waals surface area (Å²) >= 11 is 0. The van der Waals surface area contributed by atoms with Crippen molar-refractivity contribution in [2.75, 3.05) is 33.5 Å². The Hall–Kier alpha value is -9.44. The number of aryl methyl sites for hydroxylation is 1. The van der Waals surface area contributed by atoms with Crippen LogP contribution in [0.3, 0.4) is 0 Å². The predicted molar refractivity (Wildman–Crippen MR) is 573 cm³/mol. The van der Waals surface area contributed by atoms with Gasteiger partial charge >= 0.3 is 0 Å². The second-order valence-electron chi connectivity index (χ2n) is 38.8. The van der Waals surface area contributed by atoms with Crippen LogP contribution in [-0.2, 0) is 54.3 Å². The molecule has 138 heavy (non-hydrogen) atoms. The largest absolute Gasteiger partial charge is 0.497 e. The third-order valence-electron chi connectivity index (χ3n) is 27.5. The van der Waals surface area contributed by atoms with Crippen LogP contribution in [0.5, 0.6) is 40.2 Å². The van der Waals surface area contributed by atoms with Gasteiger partial charge in [-0.25, -0.2) is 0 Å². The van der Waals surface area contributed by atoms with Crippen LogP contribution in [0.15, 0.2) is 255 Å². The van der Waals surface area contributed by atoms with Crippen molar-refractivity contribution in [2.45, 2.75) is 378 Å². The predicted octanol–water partition coefficient (Wildman–Crippen LogP) is 34.1. The Kier molecular flexibility index (Phi) is 53.5. The minimum Gasteiger partial charge on any atom is -0.497 e. The maximum Gasteiger partial charge on any atom is 0.204 e. The summed E-state index contributed by atoms with van der Waals surface area (Å²) in [7, 11) is 1.67. The molecule has 12 atom stereocenters. The smallest absolute Gasteiger partial charge is 0.204 e. The van der Waals surface area contributed by atoms with Crippen LogP contribution in [0, 0.1) is 18.8 Å². The van der Waals surface area contributed by atoms with Crippen LogP contribution in [0.2, 0.25) is 0 Å². The number of hydrogen-bond acceptors (Lipinski definition) is 13. The summed E-state index contributed by atoms with van der Waals surface area (Å²) in [6.45, 7) is 44.3. The molecule has 1 heterocycles. The molecule has 13 nitrogen and oxygen atoms in total. The Balaban J connectivity index is 0.000000203. The molecule has 13 heteroatoms. The summed E-state index contributed by atoms with van der Waals surface area (Å²) < 4.78 is 76.2. The average molecular weight is 1890 g/mol. The number of rotatable bonds is 47. The first kappa shape index (κ1) is 114. The molecule has 0 radical (unpaired) electrons. The van der Waals surface area contributed by atoms with Gasteiger partial charge < -0.3 is 61.6 Å². The first-order valence-electron chi connectivity index (χ1n) is 53.0. The van der Waals surface area contributed by atoms with Crippen molar-refractivity contribution in [3.8, 4) is 40.2 Å². The highest BCUT2D eigenvalue weighted by Crippen LogP contribution is 2.35. The molecule has 0 bridgehead atoms. The van der Waals surface area contributed by atoms with Gasteiger partial charge in [0.1, 0.15) is 40.2 Å². The summed E-state index contributed by atoms with van der Waals surface area (Å²) in [6.07, 6.45) is 29.3. The minimum atomic E-state index is -0.563. The number of ether oxygens (including phenoxy) is 13. The lowest BCUT2D eigenvalue weighted by Crippen LogP contribution is -2.33. The van der Waals surface area contributed by atoms with Crippen LogP contribution in [0.4, 0.5) is 0 Å². The Morgan fingerprint density at radius 1 is 0.326 bits per heavy atom. The van der Waals surface area contributed by atoms with Gasteiger partial charge in [-0.3, -0.25) is 0 Å². The molecule has 3 fully saturated rings. The van der Waals surface area contributed by atoms with E-state index in [0.717, 1.165) is 148 Å². The Morgan fingerprint density at radius 2 is 0.688 bits per heavy atom. The van der Waals surface area contributed by atoms with E-state index in [-0.39, 0.29) is 37.6 Å². The summed E-state index contributed by atoms with van der Waals surface area (Å²) in [5, 5.41) is 0. The zero-order valence-electron chi connectivity index (χ0n) is 88.4. The van der Waals surface area contributed by atoms with Crippen molar-refractivity contribution < 1.29 is 61.6 Å². The molecule has 10 aromatic carbocycles. The summed E-state index contributed by atoms with van der Waals surface area (Å²) in [4.78, 5) is 0. The van der Waals surface area contributed by atoms with Crippen molar-refractivity contribution >= 4 is 0 Å². The van der Waals surface area contributed by atoms with E-state index < -0.39 is 5.79 Å². The molecule has 0 amide bonds. The molecule has 1 aliphatic heterocycles. The summed E-state index contributed by atoms with van der Waals surface area (Å²) in [5.41, 5.74) is 14.4. The van der Waals surface area contributed by atoms with E-state index in [1.165, 1.54) is 139 Å². The summed E-state index contributed by atoms with van der Waals surface area (Å²) in [5.74, 6) is 10.9. The molecular formula is C125H176O13. The SMILES string of the molecule is CCC(C)c1ccc(OC(C)(C)OCCC2CCCCC2)cc1.CCC(C)c1ccc(OC(C)OCCc2ccc(OC)cc2)cc1.CCC(C)c1ccc(OC(C)OCCc2ccccc2)cc1.CCC(C)c1ccc(OC(C)OCc2ccccc2)cc1.CCC(C)c1ccc(OC2CCCC(Cc3ccccc3)O2)c(C)c1.CCC(OCCC1CCCCC1)Oc1ccc(C(C)CC)cc1. The quantitative estimate of drug-likeness (QED) is 0.0337. The highest BCUT2D eigenvalue weighted by molar-refractivity contribution is 5.39. The van der Waals surface area contributed by atoms with Crippen LogP contribution in [-0.4, -0.2) is 76.9 Å². The monoisotopic (exact) mass is 1890 g/mol. The fourth-order valence-corrected chi connectivity index (χ4v) is 17.1. The van der Waals surface area contributed by atoms with E-state index in [1.807, 2.05) is 132 Å². The average Bonchev–Trinajstić information content (AvgIpc) is 0.838. The molecule has 0 aromatic heterocycles.